The highest BCUT2D eigenvalue weighted by atomic mass is 16.5. The number of nitrogens with one attached hydrogen (secondary N) is 1. The summed E-state index contributed by atoms with van der Waals surface area (Å²) in [6.07, 6.45) is 3.24. The van der Waals surface area contributed by atoms with E-state index in [1.165, 1.54) is 20.0 Å². The molecule has 5 nitrogen and oxygen atoms in total. The van der Waals surface area contributed by atoms with Gasteiger partial charge in [0.25, 0.3) is 0 Å². The molecule has 2 aliphatic rings. The number of aliphatic hydroxyl groups is 1. The smallest absolute Gasteiger partial charge is 0.308 e. The van der Waals surface area contributed by atoms with Gasteiger partial charge >= 0.3 is 5.97 Å². The van der Waals surface area contributed by atoms with Gasteiger partial charge in [0.1, 0.15) is 11.9 Å². The van der Waals surface area contributed by atoms with Crippen LogP contribution in [0.15, 0.2) is 18.2 Å². The van der Waals surface area contributed by atoms with Crippen molar-refractivity contribution in [3.05, 3.63) is 29.3 Å². The van der Waals surface area contributed by atoms with E-state index in [1.807, 2.05) is 32.2 Å². The monoisotopic (exact) mass is 375 g/mol. The van der Waals surface area contributed by atoms with E-state index >= 15 is 0 Å². The molecule has 1 aliphatic carbocycles. The van der Waals surface area contributed by atoms with Gasteiger partial charge in [-0.15, -0.1) is 0 Å². The molecule has 6 unspecified atom stereocenters. The second-order valence-electron chi connectivity index (χ2n) is 8.36. The molecule has 0 amide bonds. The Hall–Kier alpha value is -1.59. The summed E-state index contributed by atoms with van der Waals surface area (Å²) in [6, 6.07) is 5.92. The van der Waals surface area contributed by atoms with Crippen LogP contribution in [0.1, 0.15) is 50.3 Å². The first kappa shape index (κ1) is 20.2. The van der Waals surface area contributed by atoms with Crippen LogP contribution < -0.4 is 10.1 Å². The number of rotatable bonds is 6. The van der Waals surface area contributed by atoms with Gasteiger partial charge in [0.2, 0.25) is 0 Å². The number of benzene rings is 1. The summed E-state index contributed by atoms with van der Waals surface area (Å²) in [5.41, 5.74) is 1.89. The Morgan fingerprint density at radius 2 is 2.19 bits per heavy atom. The van der Waals surface area contributed by atoms with Crippen LogP contribution in [0.5, 0.6) is 5.75 Å². The van der Waals surface area contributed by atoms with Crippen molar-refractivity contribution in [3.63, 3.8) is 0 Å². The topological polar surface area (TPSA) is 67.8 Å². The maximum absolute atomic E-state index is 11.7. The summed E-state index contributed by atoms with van der Waals surface area (Å²) in [4.78, 5) is 11.7. The molecule has 0 bridgehead atoms. The van der Waals surface area contributed by atoms with Crippen molar-refractivity contribution in [2.45, 2.75) is 51.7 Å². The van der Waals surface area contributed by atoms with Crippen molar-refractivity contribution in [2.75, 3.05) is 20.7 Å². The first-order chi connectivity index (χ1) is 12.9. The SMILES string of the molecule is CNCC1CCC(C)C1C1CC(O)c2ccc(CC(C)C(=O)OC)cc2O1. The summed E-state index contributed by atoms with van der Waals surface area (Å²) in [5.74, 6) is 2.01. The third-order valence-electron chi connectivity index (χ3n) is 6.41. The minimum absolute atomic E-state index is 0.0385. The number of aliphatic hydroxyl groups excluding tert-OH is 1. The fraction of sp³-hybridized carbons (Fsp3) is 0.682. The van der Waals surface area contributed by atoms with Gasteiger partial charge in [0.15, 0.2) is 0 Å². The molecule has 6 atom stereocenters. The number of methoxy groups -OCH3 is 1. The number of ether oxygens (including phenoxy) is 2. The van der Waals surface area contributed by atoms with Crippen molar-refractivity contribution in [1.82, 2.24) is 5.32 Å². The molecule has 1 saturated carbocycles. The quantitative estimate of drug-likeness (QED) is 0.748. The lowest BCUT2D eigenvalue weighted by Crippen LogP contribution is -2.39. The van der Waals surface area contributed by atoms with Gasteiger partial charge in [-0.25, -0.2) is 0 Å². The van der Waals surface area contributed by atoms with Crippen molar-refractivity contribution < 1.29 is 19.4 Å². The summed E-state index contributed by atoms with van der Waals surface area (Å²) in [7, 11) is 3.42. The Balaban J connectivity index is 1.78. The van der Waals surface area contributed by atoms with Crippen LogP contribution in [0.4, 0.5) is 0 Å². The Kier molecular flexibility index (Phi) is 6.43. The Morgan fingerprint density at radius 3 is 2.89 bits per heavy atom. The fourth-order valence-electron chi connectivity index (χ4n) is 5.01. The van der Waals surface area contributed by atoms with Gasteiger partial charge in [-0.3, -0.25) is 4.79 Å². The molecule has 0 radical (unpaired) electrons. The maximum Gasteiger partial charge on any atom is 0.308 e. The highest BCUT2D eigenvalue weighted by Gasteiger charge is 2.42. The zero-order valence-corrected chi connectivity index (χ0v) is 16.9. The number of fused-ring (bicyclic) bond motifs is 1. The molecule has 1 heterocycles. The molecular formula is C22H33NO4. The Bertz CT molecular complexity index is 660. The molecule has 0 aromatic heterocycles. The Labute approximate surface area is 162 Å². The van der Waals surface area contributed by atoms with Crippen molar-refractivity contribution >= 4 is 5.97 Å². The third-order valence-corrected chi connectivity index (χ3v) is 6.41. The van der Waals surface area contributed by atoms with Gasteiger partial charge in [-0.2, -0.15) is 0 Å². The number of carbonyl (C=O) groups excluding carboxylic acids is 1. The van der Waals surface area contributed by atoms with Crippen LogP contribution >= 0.6 is 0 Å². The van der Waals surface area contributed by atoms with Crippen LogP contribution in [-0.2, 0) is 16.0 Å². The lowest BCUT2D eigenvalue weighted by atomic mass is 9.80. The lowest BCUT2D eigenvalue weighted by molar-refractivity contribution is -0.144. The predicted molar refractivity (Wildman–Crippen MR) is 105 cm³/mol. The van der Waals surface area contributed by atoms with E-state index in [1.54, 1.807) is 0 Å². The standard InChI is InChI=1S/C22H33NO4/c1-13-5-7-16(12-23-3)21(13)20-11-18(24)17-8-6-15(10-19(17)27-20)9-14(2)22(25)26-4/h6,8,10,13-14,16,18,20-21,23-24H,5,7,9,11-12H2,1-4H3. The van der Waals surface area contributed by atoms with Crippen LogP contribution in [-0.4, -0.2) is 37.9 Å². The van der Waals surface area contributed by atoms with Crippen LogP contribution in [0.25, 0.3) is 0 Å². The molecule has 1 aromatic carbocycles. The van der Waals surface area contributed by atoms with Gasteiger partial charge in [-0.1, -0.05) is 26.0 Å². The van der Waals surface area contributed by atoms with Gasteiger partial charge in [0, 0.05) is 17.9 Å². The molecule has 0 saturated heterocycles. The zero-order chi connectivity index (χ0) is 19.6. The fourth-order valence-corrected chi connectivity index (χ4v) is 5.01. The molecular weight excluding hydrogens is 342 g/mol. The second-order valence-corrected chi connectivity index (χ2v) is 8.36. The Morgan fingerprint density at radius 1 is 1.41 bits per heavy atom. The molecule has 3 rings (SSSR count). The minimum atomic E-state index is -0.492. The molecule has 150 valence electrons. The molecule has 27 heavy (non-hydrogen) atoms. The summed E-state index contributed by atoms with van der Waals surface area (Å²) >= 11 is 0. The normalized spacial score (nSPS) is 31.1. The molecule has 0 spiro atoms. The second kappa shape index (κ2) is 8.61. The van der Waals surface area contributed by atoms with Gasteiger partial charge < -0.3 is 19.9 Å². The van der Waals surface area contributed by atoms with Crippen LogP contribution in [0, 0.1) is 23.7 Å². The first-order valence-electron chi connectivity index (χ1n) is 10.1. The van der Waals surface area contributed by atoms with E-state index in [9.17, 15) is 9.90 Å². The molecule has 1 fully saturated rings. The summed E-state index contributed by atoms with van der Waals surface area (Å²) < 4.78 is 11.3. The lowest BCUT2D eigenvalue weighted by Gasteiger charge is -2.37. The molecule has 5 heteroatoms. The van der Waals surface area contributed by atoms with E-state index in [-0.39, 0.29) is 18.0 Å². The third kappa shape index (κ3) is 4.30. The number of hydrogen-bond acceptors (Lipinski definition) is 5. The molecule has 2 N–H and O–H groups in total. The van der Waals surface area contributed by atoms with E-state index in [0.29, 0.717) is 30.6 Å². The van der Waals surface area contributed by atoms with E-state index in [4.69, 9.17) is 9.47 Å². The van der Waals surface area contributed by atoms with Crippen molar-refractivity contribution in [3.8, 4) is 5.75 Å². The number of carbonyl (C=O) groups is 1. The summed E-state index contributed by atoms with van der Waals surface area (Å²) in [5, 5.41) is 14.0. The number of esters is 1. The maximum atomic E-state index is 11.7. The largest absolute Gasteiger partial charge is 0.490 e. The van der Waals surface area contributed by atoms with Crippen LogP contribution in [0.3, 0.4) is 0 Å². The van der Waals surface area contributed by atoms with Gasteiger partial charge in [0.05, 0.1) is 19.1 Å². The number of hydrogen-bond donors (Lipinski definition) is 2. The average molecular weight is 376 g/mol. The first-order valence-corrected chi connectivity index (χ1v) is 10.1. The minimum Gasteiger partial charge on any atom is -0.490 e. The summed E-state index contributed by atoms with van der Waals surface area (Å²) in [6.45, 7) is 5.17. The zero-order valence-electron chi connectivity index (χ0n) is 16.9. The highest BCUT2D eigenvalue weighted by Crippen LogP contribution is 2.46. The van der Waals surface area contributed by atoms with Crippen molar-refractivity contribution in [2.24, 2.45) is 23.7 Å². The predicted octanol–water partition coefficient (Wildman–Crippen LogP) is 3.10. The molecule has 1 aromatic rings. The van der Waals surface area contributed by atoms with E-state index in [0.717, 1.165) is 23.4 Å². The van der Waals surface area contributed by atoms with Crippen molar-refractivity contribution in [1.29, 1.82) is 0 Å². The van der Waals surface area contributed by atoms with Gasteiger partial charge in [-0.05, 0) is 56.3 Å². The molecule has 1 aliphatic heterocycles. The van der Waals surface area contributed by atoms with E-state index < -0.39 is 6.10 Å². The average Bonchev–Trinajstić information content (AvgIpc) is 3.01. The van der Waals surface area contributed by atoms with E-state index in [2.05, 4.69) is 12.2 Å². The highest BCUT2D eigenvalue weighted by molar-refractivity contribution is 5.72. The van der Waals surface area contributed by atoms with Crippen LogP contribution in [0.2, 0.25) is 0 Å².